The first-order valence-electron chi connectivity index (χ1n) is 6.24. The smallest absolute Gasteiger partial charge is 0.195 e. The van der Waals surface area contributed by atoms with Crippen LogP contribution in [0.4, 0.5) is 10.1 Å². The summed E-state index contributed by atoms with van der Waals surface area (Å²) in [5.41, 5.74) is 6.79. The van der Waals surface area contributed by atoms with Crippen LogP contribution in [0.1, 0.15) is 15.9 Å². The van der Waals surface area contributed by atoms with Crippen LogP contribution in [0.5, 0.6) is 0 Å². The molecule has 0 atom stereocenters. The molecule has 0 saturated heterocycles. The second-order valence-corrected chi connectivity index (χ2v) is 4.59. The Kier molecular flexibility index (Phi) is 2.95. The molecule has 3 heteroatoms. The molecule has 0 heterocycles. The lowest BCUT2D eigenvalue weighted by Crippen LogP contribution is -2.06. The molecule has 3 rings (SSSR count). The first-order chi connectivity index (χ1) is 9.66. The van der Waals surface area contributed by atoms with Crippen LogP contribution in [-0.4, -0.2) is 5.78 Å². The Morgan fingerprint density at radius 1 is 0.900 bits per heavy atom. The van der Waals surface area contributed by atoms with Gasteiger partial charge in [0.1, 0.15) is 5.82 Å². The summed E-state index contributed by atoms with van der Waals surface area (Å²) in [6.07, 6.45) is 0. The Balaban J connectivity index is 2.20. The molecule has 0 fully saturated rings. The van der Waals surface area contributed by atoms with Crippen molar-refractivity contribution < 1.29 is 9.18 Å². The molecule has 98 valence electrons. The Bertz CT molecular complexity index is 806. The summed E-state index contributed by atoms with van der Waals surface area (Å²) in [7, 11) is 0. The van der Waals surface area contributed by atoms with Gasteiger partial charge in [-0.05, 0) is 29.0 Å². The van der Waals surface area contributed by atoms with E-state index >= 15 is 0 Å². The van der Waals surface area contributed by atoms with Gasteiger partial charge in [0.2, 0.25) is 0 Å². The van der Waals surface area contributed by atoms with Crippen LogP contribution in [0.3, 0.4) is 0 Å². The summed E-state index contributed by atoms with van der Waals surface area (Å²) in [6.45, 7) is 0. The van der Waals surface area contributed by atoms with Crippen molar-refractivity contribution in [3.8, 4) is 0 Å². The van der Waals surface area contributed by atoms with E-state index in [1.54, 1.807) is 6.07 Å². The molecule has 0 spiro atoms. The minimum absolute atomic E-state index is 0.196. The fourth-order valence-corrected chi connectivity index (χ4v) is 2.29. The van der Waals surface area contributed by atoms with Gasteiger partial charge in [-0.25, -0.2) is 4.39 Å². The number of benzene rings is 3. The highest BCUT2D eigenvalue weighted by atomic mass is 19.1. The number of ketones is 1. The summed E-state index contributed by atoms with van der Waals surface area (Å²) >= 11 is 0. The van der Waals surface area contributed by atoms with Gasteiger partial charge in [-0.1, -0.05) is 42.5 Å². The third-order valence-corrected chi connectivity index (χ3v) is 3.29. The van der Waals surface area contributed by atoms with E-state index in [0.717, 1.165) is 10.8 Å². The van der Waals surface area contributed by atoms with Crippen LogP contribution in [0.2, 0.25) is 0 Å². The van der Waals surface area contributed by atoms with E-state index in [1.165, 1.54) is 18.2 Å². The number of hydrogen-bond donors (Lipinski definition) is 1. The number of anilines is 1. The molecule has 2 N–H and O–H groups in total. The van der Waals surface area contributed by atoms with Gasteiger partial charge in [0.25, 0.3) is 0 Å². The Hall–Kier alpha value is -2.68. The van der Waals surface area contributed by atoms with E-state index in [1.807, 2.05) is 36.4 Å². The number of hydrogen-bond acceptors (Lipinski definition) is 2. The van der Waals surface area contributed by atoms with Crippen molar-refractivity contribution in [3.63, 3.8) is 0 Å². The maximum atomic E-state index is 13.3. The molecular formula is C17H12FNO. The standard InChI is InChI=1S/C17H12FNO/c18-12-8-9-16(19)15(10-12)17(20)14-7-3-5-11-4-1-2-6-13(11)14/h1-10H,19H2. The number of carbonyl (C=O) groups excluding carboxylic acids is 1. The molecule has 0 radical (unpaired) electrons. The highest BCUT2D eigenvalue weighted by Crippen LogP contribution is 2.24. The summed E-state index contributed by atoms with van der Waals surface area (Å²) in [6, 6.07) is 16.9. The van der Waals surface area contributed by atoms with Crippen LogP contribution < -0.4 is 5.73 Å². The summed E-state index contributed by atoms with van der Waals surface area (Å²) in [5.74, 6) is -0.735. The third kappa shape index (κ3) is 2.03. The molecular weight excluding hydrogens is 253 g/mol. The lowest BCUT2D eigenvalue weighted by molar-refractivity contribution is 0.104. The van der Waals surface area contributed by atoms with E-state index in [0.29, 0.717) is 5.56 Å². The monoisotopic (exact) mass is 265 g/mol. The lowest BCUT2D eigenvalue weighted by atomic mass is 9.96. The largest absolute Gasteiger partial charge is 0.398 e. The fourth-order valence-electron chi connectivity index (χ4n) is 2.29. The highest BCUT2D eigenvalue weighted by Gasteiger charge is 2.15. The van der Waals surface area contributed by atoms with Crippen molar-refractivity contribution in [2.24, 2.45) is 0 Å². The van der Waals surface area contributed by atoms with Crippen LogP contribution >= 0.6 is 0 Å². The fraction of sp³-hybridized carbons (Fsp3) is 0. The van der Waals surface area contributed by atoms with Gasteiger partial charge in [0, 0.05) is 16.8 Å². The molecule has 20 heavy (non-hydrogen) atoms. The van der Waals surface area contributed by atoms with Crippen LogP contribution in [0.25, 0.3) is 10.8 Å². The zero-order valence-electron chi connectivity index (χ0n) is 10.6. The van der Waals surface area contributed by atoms with Crippen LogP contribution in [0, 0.1) is 5.82 Å². The predicted molar refractivity (Wildman–Crippen MR) is 78.2 cm³/mol. The lowest BCUT2D eigenvalue weighted by Gasteiger charge is -2.08. The van der Waals surface area contributed by atoms with Crippen molar-refractivity contribution in [3.05, 3.63) is 77.6 Å². The van der Waals surface area contributed by atoms with Crippen molar-refractivity contribution in [2.45, 2.75) is 0 Å². The van der Waals surface area contributed by atoms with E-state index in [2.05, 4.69) is 0 Å². The van der Waals surface area contributed by atoms with Crippen molar-refractivity contribution in [2.75, 3.05) is 5.73 Å². The zero-order chi connectivity index (χ0) is 14.1. The summed E-state index contributed by atoms with van der Waals surface area (Å²) < 4.78 is 13.3. The first kappa shape index (κ1) is 12.4. The predicted octanol–water partition coefficient (Wildman–Crippen LogP) is 3.79. The SMILES string of the molecule is Nc1ccc(F)cc1C(=O)c1cccc2ccccc12. The molecule has 0 aromatic heterocycles. The molecule has 0 aliphatic carbocycles. The van der Waals surface area contributed by atoms with E-state index in [9.17, 15) is 9.18 Å². The van der Waals surface area contributed by atoms with Gasteiger partial charge in [0.05, 0.1) is 0 Å². The van der Waals surface area contributed by atoms with Gasteiger partial charge in [-0.15, -0.1) is 0 Å². The Morgan fingerprint density at radius 3 is 2.50 bits per heavy atom. The molecule has 3 aromatic carbocycles. The van der Waals surface area contributed by atoms with Gasteiger partial charge in [-0.3, -0.25) is 4.79 Å². The normalized spacial score (nSPS) is 10.7. The van der Waals surface area contributed by atoms with Crippen molar-refractivity contribution in [1.82, 2.24) is 0 Å². The number of nitrogen functional groups attached to an aromatic ring is 1. The second-order valence-electron chi connectivity index (χ2n) is 4.59. The average Bonchev–Trinajstić information content (AvgIpc) is 2.48. The number of rotatable bonds is 2. The Labute approximate surface area is 115 Å². The number of carbonyl (C=O) groups is 1. The molecule has 0 aliphatic rings. The number of halogens is 1. The first-order valence-corrected chi connectivity index (χ1v) is 6.24. The summed E-state index contributed by atoms with van der Waals surface area (Å²) in [4.78, 5) is 12.6. The quantitative estimate of drug-likeness (QED) is 0.566. The van der Waals surface area contributed by atoms with E-state index < -0.39 is 5.82 Å². The third-order valence-electron chi connectivity index (χ3n) is 3.29. The van der Waals surface area contributed by atoms with Crippen molar-refractivity contribution in [1.29, 1.82) is 0 Å². The topological polar surface area (TPSA) is 43.1 Å². The van der Waals surface area contributed by atoms with Crippen molar-refractivity contribution >= 4 is 22.2 Å². The molecule has 0 amide bonds. The minimum Gasteiger partial charge on any atom is -0.398 e. The molecule has 0 aliphatic heterocycles. The van der Waals surface area contributed by atoms with Gasteiger partial charge < -0.3 is 5.73 Å². The minimum atomic E-state index is -0.470. The van der Waals surface area contributed by atoms with Gasteiger partial charge in [0.15, 0.2) is 5.78 Å². The maximum absolute atomic E-state index is 13.3. The average molecular weight is 265 g/mol. The highest BCUT2D eigenvalue weighted by molar-refractivity contribution is 6.18. The molecule has 0 unspecified atom stereocenters. The second kappa shape index (κ2) is 4.78. The van der Waals surface area contributed by atoms with Gasteiger partial charge >= 0.3 is 0 Å². The van der Waals surface area contributed by atoms with Crippen LogP contribution in [0.15, 0.2) is 60.7 Å². The van der Waals surface area contributed by atoms with E-state index in [4.69, 9.17) is 5.73 Å². The van der Waals surface area contributed by atoms with Crippen LogP contribution in [-0.2, 0) is 0 Å². The Morgan fingerprint density at radius 2 is 1.65 bits per heavy atom. The molecule has 2 nitrogen and oxygen atoms in total. The zero-order valence-corrected chi connectivity index (χ0v) is 10.6. The van der Waals surface area contributed by atoms with Gasteiger partial charge in [-0.2, -0.15) is 0 Å². The molecule has 3 aromatic rings. The number of fused-ring (bicyclic) bond motifs is 1. The molecule has 0 bridgehead atoms. The summed E-state index contributed by atoms with van der Waals surface area (Å²) in [5, 5.41) is 1.80. The number of nitrogens with two attached hydrogens (primary N) is 1. The molecule has 0 saturated carbocycles. The van der Waals surface area contributed by atoms with E-state index in [-0.39, 0.29) is 17.0 Å². The maximum Gasteiger partial charge on any atom is 0.195 e.